The van der Waals surface area contributed by atoms with Gasteiger partial charge in [-0.1, -0.05) is 44.7 Å². The van der Waals surface area contributed by atoms with Gasteiger partial charge in [-0.25, -0.2) is 4.68 Å². The second-order valence-electron chi connectivity index (χ2n) is 8.15. The monoisotopic (exact) mass is 409 g/mol. The van der Waals surface area contributed by atoms with Crippen LogP contribution in [0.25, 0.3) is 5.82 Å². The van der Waals surface area contributed by atoms with Gasteiger partial charge in [0.05, 0.1) is 10.9 Å². The van der Waals surface area contributed by atoms with Crippen LogP contribution in [0.15, 0.2) is 47.5 Å². The van der Waals surface area contributed by atoms with Crippen molar-refractivity contribution in [3.05, 3.63) is 59.4 Å². The van der Waals surface area contributed by atoms with E-state index >= 15 is 0 Å². The molecule has 0 aliphatic carbocycles. The second-order valence-corrected chi connectivity index (χ2v) is 9.51. The van der Waals surface area contributed by atoms with Crippen molar-refractivity contribution in [1.29, 1.82) is 0 Å². The van der Waals surface area contributed by atoms with Gasteiger partial charge in [-0.05, 0) is 62.1 Å². The predicted molar refractivity (Wildman–Crippen MR) is 118 cm³/mol. The molecule has 0 aliphatic heterocycles. The van der Waals surface area contributed by atoms with Gasteiger partial charge >= 0.3 is 0 Å². The summed E-state index contributed by atoms with van der Waals surface area (Å²) >= 11 is 1.38. The molecule has 0 aliphatic rings. The summed E-state index contributed by atoms with van der Waals surface area (Å²) in [4.78, 5) is 12.5. The number of thioether (sulfide) groups is 1. The van der Waals surface area contributed by atoms with E-state index in [-0.39, 0.29) is 16.6 Å². The minimum absolute atomic E-state index is 0.0667. The third kappa shape index (κ3) is 5.23. The van der Waals surface area contributed by atoms with Crippen LogP contribution in [-0.2, 0) is 10.2 Å². The summed E-state index contributed by atoms with van der Waals surface area (Å²) in [6, 6.07) is 13.7. The van der Waals surface area contributed by atoms with E-state index in [4.69, 9.17) is 0 Å². The highest BCUT2D eigenvalue weighted by Gasteiger charge is 2.17. The molecule has 1 amide bonds. The minimum atomic E-state index is -0.300. The molecular formula is C22H27N5OS. The Morgan fingerprint density at radius 2 is 1.76 bits per heavy atom. The van der Waals surface area contributed by atoms with Crippen molar-refractivity contribution in [2.45, 2.75) is 57.2 Å². The maximum absolute atomic E-state index is 12.5. The number of anilines is 1. The molecule has 3 rings (SSSR count). The fourth-order valence-corrected chi connectivity index (χ4v) is 3.64. The lowest BCUT2D eigenvalue weighted by Crippen LogP contribution is -2.22. The number of aromatic nitrogens is 4. The number of hydrogen-bond acceptors (Lipinski definition) is 5. The maximum atomic E-state index is 12.5. The molecule has 152 valence electrons. The van der Waals surface area contributed by atoms with E-state index in [0.717, 1.165) is 17.1 Å². The van der Waals surface area contributed by atoms with Gasteiger partial charge < -0.3 is 5.32 Å². The summed E-state index contributed by atoms with van der Waals surface area (Å²) in [6.45, 7) is 12.3. The van der Waals surface area contributed by atoms with E-state index in [2.05, 4.69) is 53.5 Å². The summed E-state index contributed by atoms with van der Waals surface area (Å²) in [5.74, 6) is 0.596. The van der Waals surface area contributed by atoms with Gasteiger partial charge in [0.25, 0.3) is 0 Å². The lowest BCUT2D eigenvalue weighted by atomic mass is 9.87. The first-order valence-corrected chi connectivity index (χ1v) is 10.5. The number of nitrogens with one attached hydrogen (secondary N) is 1. The number of aryl methyl sites for hydroxylation is 2. The number of rotatable bonds is 5. The van der Waals surface area contributed by atoms with Crippen LogP contribution >= 0.6 is 11.8 Å². The molecular weight excluding hydrogens is 382 g/mol. The number of nitrogens with zero attached hydrogens (tertiary/aromatic N) is 4. The largest absolute Gasteiger partial charge is 0.325 e. The van der Waals surface area contributed by atoms with E-state index in [0.29, 0.717) is 10.8 Å². The van der Waals surface area contributed by atoms with Crippen molar-refractivity contribution in [2.75, 3.05) is 5.32 Å². The van der Waals surface area contributed by atoms with Gasteiger partial charge in [0, 0.05) is 11.4 Å². The first-order valence-electron chi connectivity index (χ1n) is 9.59. The molecule has 2 heterocycles. The zero-order valence-electron chi connectivity index (χ0n) is 17.7. The molecule has 2 aromatic heterocycles. The molecule has 0 fully saturated rings. The van der Waals surface area contributed by atoms with Crippen molar-refractivity contribution in [1.82, 2.24) is 20.0 Å². The Kier molecular flexibility index (Phi) is 6.07. The first kappa shape index (κ1) is 21.0. The summed E-state index contributed by atoms with van der Waals surface area (Å²) in [7, 11) is 0. The average molecular weight is 410 g/mol. The van der Waals surface area contributed by atoms with Gasteiger partial charge in [-0.3, -0.25) is 4.79 Å². The molecule has 0 radical (unpaired) electrons. The predicted octanol–water partition coefficient (Wildman–Crippen LogP) is 4.70. The fraction of sp³-hybridized carbons (Fsp3) is 0.364. The molecule has 0 saturated carbocycles. The molecule has 1 atom stereocenters. The molecule has 0 spiro atoms. The van der Waals surface area contributed by atoms with E-state index in [1.807, 2.05) is 51.1 Å². The smallest absolute Gasteiger partial charge is 0.237 e. The molecule has 0 bridgehead atoms. The Balaban J connectivity index is 1.61. The molecule has 1 aromatic carbocycles. The standard InChI is InChI=1S/C22H27N5OS/c1-14-13-15(2)27(26-14)19-11-12-20(25-24-19)29-16(3)21(28)23-18-9-7-17(8-10-18)22(4,5)6/h7-13,16H,1-6H3,(H,23,28). The van der Waals surface area contributed by atoms with Crippen LogP contribution in [0.4, 0.5) is 5.69 Å². The Morgan fingerprint density at radius 1 is 1.07 bits per heavy atom. The van der Waals surface area contributed by atoms with Crippen molar-refractivity contribution < 1.29 is 4.79 Å². The number of hydrogen-bond donors (Lipinski definition) is 1. The average Bonchev–Trinajstić information content (AvgIpc) is 3.00. The van der Waals surface area contributed by atoms with Crippen LogP contribution in [0, 0.1) is 13.8 Å². The Labute approximate surface area is 176 Å². The molecule has 3 aromatic rings. The minimum Gasteiger partial charge on any atom is -0.325 e. The van der Waals surface area contributed by atoms with Gasteiger partial charge in [0.1, 0.15) is 5.03 Å². The highest BCUT2D eigenvalue weighted by Crippen LogP contribution is 2.25. The SMILES string of the molecule is Cc1cc(C)n(-c2ccc(SC(C)C(=O)Nc3ccc(C(C)(C)C)cc3)nn2)n1. The number of benzene rings is 1. The lowest BCUT2D eigenvalue weighted by Gasteiger charge is -2.19. The summed E-state index contributed by atoms with van der Waals surface area (Å²) in [6.07, 6.45) is 0. The highest BCUT2D eigenvalue weighted by molar-refractivity contribution is 8.00. The van der Waals surface area contributed by atoms with Gasteiger partial charge in [0.15, 0.2) is 5.82 Å². The van der Waals surface area contributed by atoms with E-state index < -0.39 is 0 Å². The third-order valence-electron chi connectivity index (χ3n) is 4.54. The van der Waals surface area contributed by atoms with Crippen LogP contribution in [-0.4, -0.2) is 31.1 Å². The van der Waals surface area contributed by atoms with Crippen molar-refractivity contribution >= 4 is 23.4 Å². The molecule has 6 nitrogen and oxygen atoms in total. The van der Waals surface area contributed by atoms with Gasteiger partial charge in [-0.15, -0.1) is 10.2 Å². The van der Waals surface area contributed by atoms with E-state index in [1.165, 1.54) is 17.3 Å². The maximum Gasteiger partial charge on any atom is 0.237 e. The molecule has 0 saturated heterocycles. The summed E-state index contributed by atoms with van der Waals surface area (Å²) in [5.41, 5.74) is 4.05. The van der Waals surface area contributed by atoms with Crippen molar-refractivity contribution in [3.8, 4) is 5.82 Å². The molecule has 29 heavy (non-hydrogen) atoms. The zero-order valence-corrected chi connectivity index (χ0v) is 18.5. The molecule has 1 N–H and O–H groups in total. The quantitative estimate of drug-likeness (QED) is 0.619. The summed E-state index contributed by atoms with van der Waals surface area (Å²) in [5, 5.41) is 16.3. The normalized spacial score (nSPS) is 12.6. The van der Waals surface area contributed by atoms with E-state index in [9.17, 15) is 4.79 Å². The van der Waals surface area contributed by atoms with Crippen LogP contribution < -0.4 is 5.32 Å². The Morgan fingerprint density at radius 3 is 2.28 bits per heavy atom. The van der Waals surface area contributed by atoms with E-state index in [1.54, 1.807) is 4.68 Å². The molecule has 7 heteroatoms. The fourth-order valence-electron chi connectivity index (χ4n) is 2.88. The van der Waals surface area contributed by atoms with Crippen LogP contribution in [0.2, 0.25) is 0 Å². The van der Waals surface area contributed by atoms with Crippen molar-refractivity contribution in [3.63, 3.8) is 0 Å². The topological polar surface area (TPSA) is 72.7 Å². The van der Waals surface area contributed by atoms with Gasteiger partial charge in [0.2, 0.25) is 5.91 Å². The first-order chi connectivity index (χ1) is 13.6. The Hall–Kier alpha value is -2.67. The third-order valence-corrected chi connectivity index (χ3v) is 5.56. The Bertz CT molecular complexity index is 988. The van der Waals surface area contributed by atoms with Crippen LogP contribution in [0.3, 0.4) is 0 Å². The lowest BCUT2D eigenvalue weighted by molar-refractivity contribution is -0.115. The summed E-state index contributed by atoms with van der Waals surface area (Å²) < 4.78 is 1.76. The highest BCUT2D eigenvalue weighted by atomic mass is 32.2. The second kappa shape index (κ2) is 8.37. The molecule has 1 unspecified atom stereocenters. The van der Waals surface area contributed by atoms with Crippen molar-refractivity contribution in [2.24, 2.45) is 0 Å². The van der Waals surface area contributed by atoms with Gasteiger partial charge in [-0.2, -0.15) is 5.10 Å². The zero-order chi connectivity index (χ0) is 21.2. The number of amides is 1. The number of carbonyl (C=O) groups excluding carboxylic acids is 1. The number of carbonyl (C=O) groups is 1. The van der Waals surface area contributed by atoms with Crippen LogP contribution in [0.5, 0.6) is 0 Å². The van der Waals surface area contributed by atoms with Crippen LogP contribution in [0.1, 0.15) is 44.6 Å².